The van der Waals surface area contributed by atoms with Gasteiger partial charge in [-0.2, -0.15) is 4.98 Å². The Morgan fingerprint density at radius 1 is 1.40 bits per heavy atom. The van der Waals surface area contributed by atoms with Crippen molar-refractivity contribution in [1.82, 2.24) is 9.97 Å². The number of unbranched alkanes of at least 4 members (excludes halogenated alkanes) is 1. The van der Waals surface area contributed by atoms with Crippen molar-refractivity contribution >= 4 is 11.6 Å². The predicted octanol–water partition coefficient (Wildman–Crippen LogP) is 3.43. The minimum absolute atomic E-state index is 0.261. The Morgan fingerprint density at radius 3 is 2.73 bits per heavy atom. The molecule has 0 N–H and O–H groups in total. The number of nitrogens with zero attached hydrogens (tertiary/aromatic N) is 2. The van der Waals surface area contributed by atoms with Crippen molar-refractivity contribution in [2.75, 3.05) is 6.61 Å². The molecule has 0 bridgehead atoms. The average Bonchev–Trinajstić information content (AvgIpc) is 2.17. The number of aromatic nitrogens is 2. The molecule has 84 valence electrons. The molecule has 1 aromatic heterocycles. The first-order valence-corrected chi connectivity index (χ1v) is 5.68. The van der Waals surface area contributed by atoms with Crippen molar-refractivity contribution in [3.63, 3.8) is 0 Å². The van der Waals surface area contributed by atoms with E-state index in [0.717, 1.165) is 18.7 Å². The summed E-state index contributed by atoms with van der Waals surface area (Å²) in [6.45, 7) is 6.86. The van der Waals surface area contributed by atoms with E-state index in [1.165, 1.54) is 0 Å². The second-order valence-corrected chi connectivity index (χ2v) is 4.13. The van der Waals surface area contributed by atoms with Crippen molar-refractivity contribution in [3.05, 3.63) is 17.0 Å². The lowest BCUT2D eigenvalue weighted by Gasteiger charge is -2.08. The van der Waals surface area contributed by atoms with Crippen LogP contribution in [-0.4, -0.2) is 16.6 Å². The molecule has 1 rings (SSSR count). The van der Waals surface area contributed by atoms with Gasteiger partial charge in [-0.25, -0.2) is 4.98 Å². The number of ether oxygens (including phenoxy) is 1. The lowest BCUT2D eigenvalue weighted by Crippen LogP contribution is -2.03. The Hall–Kier alpha value is -0.830. The zero-order chi connectivity index (χ0) is 11.3. The highest BCUT2D eigenvalue weighted by atomic mass is 35.5. The molecule has 0 spiro atoms. The zero-order valence-corrected chi connectivity index (χ0v) is 10.2. The minimum Gasteiger partial charge on any atom is -0.478 e. The van der Waals surface area contributed by atoms with Crippen molar-refractivity contribution in [1.29, 1.82) is 0 Å². The van der Waals surface area contributed by atoms with Crippen molar-refractivity contribution in [2.24, 2.45) is 0 Å². The van der Waals surface area contributed by atoms with Gasteiger partial charge in [0.2, 0.25) is 5.88 Å². The molecule has 15 heavy (non-hydrogen) atoms. The average molecular weight is 229 g/mol. The van der Waals surface area contributed by atoms with Crippen LogP contribution in [0.1, 0.15) is 45.4 Å². The first-order chi connectivity index (χ1) is 7.13. The van der Waals surface area contributed by atoms with Gasteiger partial charge in [0.1, 0.15) is 11.0 Å². The predicted molar refractivity (Wildman–Crippen MR) is 61.5 cm³/mol. The van der Waals surface area contributed by atoms with Crippen molar-refractivity contribution in [2.45, 2.75) is 39.5 Å². The molecule has 0 amide bonds. The van der Waals surface area contributed by atoms with Crippen molar-refractivity contribution in [3.8, 4) is 5.88 Å². The normalized spacial score (nSPS) is 10.7. The molecule has 4 heteroatoms. The van der Waals surface area contributed by atoms with Crippen LogP contribution in [0, 0.1) is 0 Å². The summed E-state index contributed by atoms with van der Waals surface area (Å²) in [5.74, 6) is 1.57. The molecule has 3 nitrogen and oxygen atoms in total. The van der Waals surface area contributed by atoms with E-state index >= 15 is 0 Å². The molecule has 0 aliphatic carbocycles. The molecule has 0 unspecified atom stereocenters. The Kier molecular flexibility index (Phi) is 4.82. The fraction of sp³-hybridized carbons (Fsp3) is 0.636. The lowest BCUT2D eigenvalue weighted by molar-refractivity contribution is 0.295. The van der Waals surface area contributed by atoms with Gasteiger partial charge in [-0.3, -0.25) is 0 Å². The Balaban J connectivity index is 2.71. The molecule has 0 radical (unpaired) electrons. The smallest absolute Gasteiger partial charge is 0.218 e. The number of hydrogen-bond donors (Lipinski definition) is 0. The van der Waals surface area contributed by atoms with Gasteiger partial charge < -0.3 is 4.74 Å². The van der Waals surface area contributed by atoms with Crippen LogP contribution in [0.3, 0.4) is 0 Å². The van der Waals surface area contributed by atoms with Gasteiger partial charge in [-0.1, -0.05) is 38.8 Å². The summed E-state index contributed by atoms with van der Waals surface area (Å²) in [5.41, 5.74) is 0. The van der Waals surface area contributed by atoms with Crippen LogP contribution < -0.4 is 4.74 Å². The van der Waals surface area contributed by atoms with E-state index in [4.69, 9.17) is 16.3 Å². The highest BCUT2D eigenvalue weighted by Gasteiger charge is 2.07. The van der Waals surface area contributed by atoms with Crippen LogP contribution in [0.5, 0.6) is 5.88 Å². The molecular weight excluding hydrogens is 212 g/mol. The topological polar surface area (TPSA) is 35.0 Å². The van der Waals surface area contributed by atoms with Gasteiger partial charge in [0.05, 0.1) is 6.61 Å². The first-order valence-electron chi connectivity index (χ1n) is 5.30. The fourth-order valence-corrected chi connectivity index (χ4v) is 1.25. The van der Waals surface area contributed by atoms with E-state index in [9.17, 15) is 0 Å². The van der Waals surface area contributed by atoms with Crippen LogP contribution in [0.2, 0.25) is 5.15 Å². The summed E-state index contributed by atoms with van der Waals surface area (Å²) >= 11 is 5.88. The molecule has 0 fully saturated rings. The van der Waals surface area contributed by atoms with Gasteiger partial charge in [-0.05, 0) is 6.42 Å². The summed E-state index contributed by atoms with van der Waals surface area (Å²) in [5, 5.41) is 0.445. The molecule has 1 aromatic rings. The number of rotatable bonds is 5. The fourth-order valence-electron chi connectivity index (χ4n) is 1.07. The summed E-state index contributed by atoms with van der Waals surface area (Å²) < 4.78 is 5.48. The van der Waals surface area contributed by atoms with E-state index in [2.05, 4.69) is 16.9 Å². The summed E-state index contributed by atoms with van der Waals surface area (Å²) in [7, 11) is 0. The largest absolute Gasteiger partial charge is 0.478 e. The van der Waals surface area contributed by atoms with E-state index in [-0.39, 0.29) is 5.92 Å². The second kappa shape index (κ2) is 5.91. The number of hydrogen-bond acceptors (Lipinski definition) is 3. The summed E-state index contributed by atoms with van der Waals surface area (Å²) in [4.78, 5) is 8.42. The Morgan fingerprint density at radius 2 is 2.13 bits per heavy atom. The van der Waals surface area contributed by atoms with Crippen molar-refractivity contribution < 1.29 is 4.74 Å². The van der Waals surface area contributed by atoms with Gasteiger partial charge in [-0.15, -0.1) is 0 Å². The van der Waals surface area contributed by atoms with Crippen LogP contribution in [-0.2, 0) is 0 Å². The molecule has 0 aliphatic rings. The van der Waals surface area contributed by atoms with Crippen LogP contribution in [0.4, 0.5) is 0 Å². The Bertz CT molecular complexity index is 315. The quantitative estimate of drug-likeness (QED) is 0.572. The number of halogens is 1. The molecule has 0 saturated carbocycles. The molecule has 0 aromatic carbocycles. The zero-order valence-electron chi connectivity index (χ0n) is 9.46. The standard InChI is InChI=1S/C11H17ClN2O/c1-4-5-6-15-10-7-9(12)13-11(14-10)8(2)3/h7-8H,4-6H2,1-3H3. The van der Waals surface area contributed by atoms with E-state index < -0.39 is 0 Å². The van der Waals surface area contributed by atoms with Crippen LogP contribution in [0.15, 0.2) is 6.07 Å². The monoisotopic (exact) mass is 228 g/mol. The van der Waals surface area contributed by atoms with E-state index in [0.29, 0.717) is 17.6 Å². The Labute approximate surface area is 95.8 Å². The van der Waals surface area contributed by atoms with Gasteiger partial charge >= 0.3 is 0 Å². The van der Waals surface area contributed by atoms with Crippen LogP contribution >= 0.6 is 11.6 Å². The van der Waals surface area contributed by atoms with E-state index in [1.807, 2.05) is 13.8 Å². The molecule has 0 atom stereocenters. The minimum atomic E-state index is 0.261. The highest BCUT2D eigenvalue weighted by molar-refractivity contribution is 6.29. The summed E-state index contributed by atoms with van der Waals surface area (Å²) in [6.07, 6.45) is 2.13. The third-order valence-electron chi connectivity index (χ3n) is 1.95. The third kappa shape index (κ3) is 4.04. The SMILES string of the molecule is CCCCOc1cc(Cl)nc(C(C)C)n1. The van der Waals surface area contributed by atoms with Gasteiger partial charge in [0, 0.05) is 12.0 Å². The molecule has 0 saturated heterocycles. The molecule has 0 aliphatic heterocycles. The maximum absolute atomic E-state index is 5.88. The third-order valence-corrected chi connectivity index (χ3v) is 2.15. The summed E-state index contributed by atoms with van der Waals surface area (Å²) in [6, 6.07) is 1.66. The van der Waals surface area contributed by atoms with E-state index in [1.54, 1.807) is 6.07 Å². The van der Waals surface area contributed by atoms with Crippen LogP contribution in [0.25, 0.3) is 0 Å². The maximum atomic E-state index is 5.88. The van der Waals surface area contributed by atoms with Gasteiger partial charge in [0.25, 0.3) is 0 Å². The van der Waals surface area contributed by atoms with Gasteiger partial charge in [0.15, 0.2) is 0 Å². The lowest BCUT2D eigenvalue weighted by atomic mass is 10.2. The molecule has 1 heterocycles. The second-order valence-electron chi connectivity index (χ2n) is 3.74. The first kappa shape index (κ1) is 12.2. The highest BCUT2D eigenvalue weighted by Crippen LogP contribution is 2.18. The maximum Gasteiger partial charge on any atom is 0.218 e. The molecular formula is C11H17ClN2O.